The van der Waals surface area contributed by atoms with Gasteiger partial charge < -0.3 is 10.2 Å². The Morgan fingerprint density at radius 3 is 3.00 bits per heavy atom. The molecule has 23 heavy (non-hydrogen) atoms. The van der Waals surface area contributed by atoms with Gasteiger partial charge in [-0.3, -0.25) is 9.78 Å². The number of anilines is 1. The Balaban J connectivity index is 1.62. The highest BCUT2D eigenvalue weighted by molar-refractivity contribution is 7.11. The molecule has 2 aromatic heterocycles. The maximum absolute atomic E-state index is 12.4. The molecule has 1 aliphatic rings. The molecule has 0 aliphatic carbocycles. The van der Waals surface area contributed by atoms with Crippen molar-refractivity contribution in [1.29, 1.82) is 0 Å². The molecule has 0 radical (unpaired) electrons. The van der Waals surface area contributed by atoms with Crippen LogP contribution in [0.3, 0.4) is 0 Å². The Morgan fingerprint density at radius 1 is 1.43 bits per heavy atom. The van der Waals surface area contributed by atoms with Crippen molar-refractivity contribution in [3.63, 3.8) is 0 Å². The highest BCUT2D eigenvalue weighted by Gasteiger charge is 2.24. The lowest BCUT2D eigenvalue weighted by atomic mass is 10.1. The predicted octanol–water partition coefficient (Wildman–Crippen LogP) is 2.46. The Hall–Kier alpha value is -2.02. The van der Waals surface area contributed by atoms with Crippen LogP contribution >= 0.6 is 11.3 Å². The number of rotatable bonds is 4. The first kappa shape index (κ1) is 15.9. The van der Waals surface area contributed by atoms with Crippen LogP contribution in [0, 0.1) is 0 Å². The summed E-state index contributed by atoms with van der Waals surface area (Å²) in [5.74, 6) is 1.13. The molecule has 1 unspecified atom stereocenters. The van der Waals surface area contributed by atoms with Crippen molar-refractivity contribution in [3.05, 3.63) is 34.7 Å². The van der Waals surface area contributed by atoms with Crippen molar-refractivity contribution in [2.45, 2.75) is 38.6 Å². The Kier molecular flexibility index (Phi) is 4.85. The third kappa shape index (κ3) is 3.85. The number of aromatic nitrogens is 3. The van der Waals surface area contributed by atoms with Gasteiger partial charge in [-0.15, -0.1) is 11.3 Å². The van der Waals surface area contributed by atoms with Gasteiger partial charge in [-0.1, -0.05) is 13.8 Å². The van der Waals surface area contributed by atoms with Gasteiger partial charge >= 0.3 is 0 Å². The number of carbonyl (C=O) groups is 1. The van der Waals surface area contributed by atoms with Gasteiger partial charge in [0.1, 0.15) is 5.82 Å². The third-order valence-corrected chi connectivity index (χ3v) is 4.80. The SMILES string of the molecule is CC(C)c1csc(C(=O)NC2CCCN(c3cnccn3)C2)n1. The number of piperidine rings is 1. The summed E-state index contributed by atoms with van der Waals surface area (Å²) in [6, 6.07) is 0.115. The fourth-order valence-corrected chi connectivity index (χ4v) is 3.54. The molecular weight excluding hydrogens is 310 g/mol. The zero-order chi connectivity index (χ0) is 16.2. The zero-order valence-corrected chi connectivity index (χ0v) is 14.2. The molecule has 1 atom stereocenters. The number of hydrogen-bond donors (Lipinski definition) is 1. The topological polar surface area (TPSA) is 71.0 Å². The second-order valence-electron chi connectivity index (χ2n) is 6.05. The van der Waals surface area contributed by atoms with Crippen molar-refractivity contribution in [2.75, 3.05) is 18.0 Å². The summed E-state index contributed by atoms with van der Waals surface area (Å²) in [7, 11) is 0. The van der Waals surface area contributed by atoms with E-state index in [-0.39, 0.29) is 11.9 Å². The van der Waals surface area contributed by atoms with Gasteiger partial charge in [0.15, 0.2) is 5.01 Å². The van der Waals surface area contributed by atoms with Crippen molar-refractivity contribution in [2.24, 2.45) is 0 Å². The van der Waals surface area contributed by atoms with Gasteiger partial charge in [-0.25, -0.2) is 9.97 Å². The molecule has 0 bridgehead atoms. The number of amides is 1. The van der Waals surface area contributed by atoms with Crippen LogP contribution in [0.5, 0.6) is 0 Å². The van der Waals surface area contributed by atoms with Crippen LogP contribution in [0.4, 0.5) is 5.82 Å². The normalized spacial score (nSPS) is 18.2. The van der Waals surface area contributed by atoms with Crippen LogP contribution in [-0.4, -0.2) is 40.0 Å². The average Bonchev–Trinajstić information content (AvgIpc) is 3.06. The molecule has 122 valence electrons. The Labute approximate surface area is 140 Å². The minimum Gasteiger partial charge on any atom is -0.353 e. The lowest BCUT2D eigenvalue weighted by Gasteiger charge is -2.33. The molecule has 1 saturated heterocycles. The largest absolute Gasteiger partial charge is 0.353 e. The number of carbonyl (C=O) groups excluding carboxylic acids is 1. The minimum atomic E-state index is -0.0760. The van der Waals surface area contributed by atoms with E-state index in [9.17, 15) is 4.79 Å². The average molecular weight is 331 g/mol. The summed E-state index contributed by atoms with van der Waals surface area (Å²) < 4.78 is 0. The minimum absolute atomic E-state index is 0.0760. The molecular formula is C16H21N5OS. The van der Waals surface area contributed by atoms with Crippen molar-refractivity contribution in [3.8, 4) is 0 Å². The highest BCUT2D eigenvalue weighted by atomic mass is 32.1. The smallest absolute Gasteiger partial charge is 0.280 e. The molecule has 0 saturated carbocycles. The number of thiazole rings is 1. The summed E-state index contributed by atoms with van der Waals surface area (Å²) in [5.41, 5.74) is 0.977. The Morgan fingerprint density at radius 2 is 2.30 bits per heavy atom. The molecule has 1 fully saturated rings. The number of nitrogens with one attached hydrogen (secondary N) is 1. The monoisotopic (exact) mass is 331 g/mol. The van der Waals surface area contributed by atoms with E-state index in [1.54, 1.807) is 18.6 Å². The second-order valence-corrected chi connectivity index (χ2v) is 6.91. The second kappa shape index (κ2) is 7.04. The molecule has 0 spiro atoms. The van der Waals surface area contributed by atoms with Crippen LogP contribution < -0.4 is 10.2 Å². The van der Waals surface area contributed by atoms with E-state index in [0.717, 1.165) is 37.4 Å². The van der Waals surface area contributed by atoms with Crippen molar-refractivity contribution >= 4 is 23.1 Å². The van der Waals surface area contributed by atoms with E-state index in [2.05, 4.69) is 39.0 Å². The van der Waals surface area contributed by atoms with Gasteiger partial charge in [-0.05, 0) is 18.8 Å². The summed E-state index contributed by atoms with van der Waals surface area (Å²) >= 11 is 1.41. The molecule has 7 heteroatoms. The van der Waals surface area contributed by atoms with Crippen LogP contribution in [0.25, 0.3) is 0 Å². The van der Waals surface area contributed by atoms with E-state index in [0.29, 0.717) is 10.9 Å². The molecule has 0 aromatic carbocycles. The molecule has 3 rings (SSSR count). The lowest BCUT2D eigenvalue weighted by Crippen LogP contribution is -2.48. The van der Waals surface area contributed by atoms with E-state index in [4.69, 9.17) is 0 Å². The van der Waals surface area contributed by atoms with Gasteiger partial charge in [0.25, 0.3) is 5.91 Å². The summed E-state index contributed by atoms with van der Waals surface area (Å²) in [6.07, 6.45) is 7.13. The summed E-state index contributed by atoms with van der Waals surface area (Å²) in [6.45, 7) is 5.86. The van der Waals surface area contributed by atoms with Gasteiger partial charge in [0, 0.05) is 36.9 Å². The summed E-state index contributed by atoms with van der Waals surface area (Å²) in [5, 5.41) is 5.62. The third-order valence-electron chi connectivity index (χ3n) is 3.94. The standard InChI is InChI=1S/C16H21N5OS/c1-11(2)13-10-23-16(20-13)15(22)19-12-4-3-7-21(9-12)14-8-17-5-6-18-14/h5-6,8,10-12H,3-4,7,9H2,1-2H3,(H,19,22). The highest BCUT2D eigenvalue weighted by Crippen LogP contribution is 2.19. The van der Waals surface area contributed by atoms with Crippen molar-refractivity contribution < 1.29 is 4.79 Å². The molecule has 2 aromatic rings. The first-order valence-electron chi connectivity index (χ1n) is 7.90. The zero-order valence-electron chi connectivity index (χ0n) is 13.4. The predicted molar refractivity (Wildman–Crippen MR) is 90.9 cm³/mol. The quantitative estimate of drug-likeness (QED) is 0.932. The van der Waals surface area contributed by atoms with E-state index >= 15 is 0 Å². The van der Waals surface area contributed by atoms with Crippen LogP contribution in [0.2, 0.25) is 0 Å². The van der Waals surface area contributed by atoms with Gasteiger partial charge in [0.05, 0.1) is 11.9 Å². The van der Waals surface area contributed by atoms with E-state index < -0.39 is 0 Å². The maximum Gasteiger partial charge on any atom is 0.280 e. The fraction of sp³-hybridized carbons (Fsp3) is 0.500. The fourth-order valence-electron chi connectivity index (χ4n) is 2.66. The lowest BCUT2D eigenvalue weighted by molar-refractivity contribution is 0.0932. The van der Waals surface area contributed by atoms with Crippen LogP contribution in [0.1, 0.15) is 48.1 Å². The molecule has 1 amide bonds. The van der Waals surface area contributed by atoms with Gasteiger partial charge in [-0.2, -0.15) is 0 Å². The molecule has 1 aliphatic heterocycles. The number of hydrogen-bond acceptors (Lipinski definition) is 6. The van der Waals surface area contributed by atoms with E-state index in [1.165, 1.54) is 11.3 Å². The first-order chi connectivity index (χ1) is 11.1. The first-order valence-corrected chi connectivity index (χ1v) is 8.78. The van der Waals surface area contributed by atoms with Crippen molar-refractivity contribution in [1.82, 2.24) is 20.3 Å². The molecule has 1 N–H and O–H groups in total. The molecule has 6 nitrogen and oxygen atoms in total. The molecule has 3 heterocycles. The van der Waals surface area contributed by atoms with Crippen LogP contribution in [-0.2, 0) is 0 Å². The number of nitrogens with zero attached hydrogens (tertiary/aromatic N) is 4. The Bertz CT molecular complexity index is 658. The van der Waals surface area contributed by atoms with Gasteiger partial charge in [0.2, 0.25) is 0 Å². The van der Waals surface area contributed by atoms with E-state index in [1.807, 2.05) is 5.38 Å². The summed E-state index contributed by atoms with van der Waals surface area (Å²) in [4.78, 5) is 27.4. The van der Waals surface area contributed by atoms with Crippen LogP contribution in [0.15, 0.2) is 24.0 Å². The maximum atomic E-state index is 12.4.